The highest BCUT2D eigenvalue weighted by Crippen LogP contribution is 2.37. The lowest BCUT2D eigenvalue weighted by Gasteiger charge is -2.28. The smallest absolute Gasteiger partial charge is 0.293 e. The zero-order valence-corrected chi connectivity index (χ0v) is 16.5. The first-order valence-electron chi connectivity index (χ1n) is 8.53. The van der Waals surface area contributed by atoms with Crippen molar-refractivity contribution in [3.63, 3.8) is 0 Å². The maximum Gasteiger partial charge on any atom is 0.293 e. The number of aromatic nitrogens is 1. The quantitative estimate of drug-likeness (QED) is 0.492. The number of nitro benzene ring substituents is 1. The van der Waals surface area contributed by atoms with Crippen molar-refractivity contribution in [2.24, 2.45) is 5.14 Å². The number of halogens is 1. The number of primary sulfonamides is 1. The third-order valence-electron chi connectivity index (χ3n) is 4.76. The molecule has 1 aliphatic rings. The van der Waals surface area contributed by atoms with Gasteiger partial charge in [-0.3, -0.25) is 10.1 Å². The largest absolute Gasteiger partial charge is 0.361 e. The number of nitrogens with two attached hydrogens (primary N) is 1. The molecule has 2 aromatic carbocycles. The normalized spacial score (nSPS) is 13.9. The maximum absolute atomic E-state index is 11.6. The van der Waals surface area contributed by atoms with Crippen molar-refractivity contribution in [2.45, 2.75) is 17.9 Å². The Morgan fingerprint density at radius 2 is 1.93 bits per heavy atom. The molecule has 0 fully saturated rings. The van der Waals surface area contributed by atoms with E-state index in [2.05, 4.69) is 5.16 Å². The topological polar surface area (TPSA) is 133 Å². The number of fused-ring (bicyclic) bond motifs is 1. The molecule has 1 aromatic heterocycles. The van der Waals surface area contributed by atoms with Crippen molar-refractivity contribution in [1.82, 2.24) is 5.16 Å². The van der Waals surface area contributed by atoms with Gasteiger partial charge in [-0.25, -0.2) is 13.6 Å². The second kappa shape index (κ2) is 7.14. The average molecular weight is 435 g/mol. The van der Waals surface area contributed by atoms with Crippen LogP contribution in [0.3, 0.4) is 0 Å². The first kappa shape index (κ1) is 19.4. The van der Waals surface area contributed by atoms with Gasteiger partial charge in [-0.2, -0.15) is 0 Å². The van der Waals surface area contributed by atoms with Gasteiger partial charge in [-0.15, -0.1) is 0 Å². The third-order valence-corrected chi connectivity index (χ3v) is 5.92. The Labute approximate surface area is 170 Å². The van der Waals surface area contributed by atoms with Crippen LogP contribution in [0.1, 0.15) is 11.3 Å². The lowest BCUT2D eigenvalue weighted by atomic mass is 10.0. The second-order valence-corrected chi connectivity index (χ2v) is 8.57. The molecule has 2 heterocycles. The molecule has 0 aliphatic carbocycles. The lowest BCUT2D eigenvalue weighted by molar-refractivity contribution is -0.384. The van der Waals surface area contributed by atoms with Gasteiger partial charge in [0.15, 0.2) is 5.76 Å². The van der Waals surface area contributed by atoms with E-state index in [0.29, 0.717) is 36.0 Å². The Morgan fingerprint density at radius 1 is 1.21 bits per heavy atom. The Hall–Kier alpha value is -2.95. The van der Waals surface area contributed by atoms with Crippen LogP contribution in [0.5, 0.6) is 0 Å². The van der Waals surface area contributed by atoms with Crippen LogP contribution in [-0.4, -0.2) is 25.0 Å². The summed E-state index contributed by atoms with van der Waals surface area (Å²) in [6, 6.07) is 10.7. The molecule has 0 spiro atoms. The van der Waals surface area contributed by atoms with E-state index in [-0.39, 0.29) is 10.6 Å². The predicted molar refractivity (Wildman–Crippen MR) is 106 cm³/mol. The van der Waals surface area contributed by atoms with Crippen molar-refractivity contribution in [3.8, 4) is 11.3 Å². The van der Waals surface area contributed by atoms with E-state index in [0.717, 1.165) is 22.9 Å². The van der Waals surface area contributed by atoms with Crippen LogP contribution in [0.4, 0.5) is 11.4 Å². The van der Waals surface area contributed by atoms with Gasteiger partial charge in [-0.1, -0.05) is 16.8 Å². The number of sulfonamides is 1. The molecule has 1 aliphatic heterocycles. The van der Waals surface area contributed by atoms with Crippen LogP contribution < -0.4 is 10.0 Å². The molecule has 2 N–H and O–H groups in total. The minimum absolute atomic E-state index is 0.302. The molecule has 0 saturated heterocycles. The molecular formula is C18H15ClN4O5S. The summed E-state index contributed by atoms with van der Waals surface area (Å²) in [5.74, 6) is 0.574. The molecule has 11 heteroatoms. The van der Waals surface area contributed by atoms with Crippen molar-refractivity contribution in [1.29, 1.82) is 0 Å². The fraction of sp³-hybridized carbons (Fsp3) is 0.167. The molecular weight excluding hydrogens is 420 g/mol. The minimum Gasteiger partial charge on any atom is -0.361 e. The minimum atomic E-state index is -4.05. The van der Waals surface area contributed by atoms with Gasteiger partial charge in [0, 0.05) is 41.7 Å². The van der Waals surface area contributed by atoms with Crippen molar-refractivity contribution in [2.75, 3.05) is 11.4 Å². The summed E-state index contributed by atoms with van der Waals surface area (Å²) < 4.78 is 28.6. The average Bonchev–Trinajstić information content (AvgIpc) is 3.10. The van der Waals surface area contributed by atoms with Gasteiger partial charge in [0.2, 0.25) is 10.0 Å². The van der Waals surface area contributed by atoms with E-state index < -0.39 is 14.9 Å². The molecule has 9 nitrogen and oxygen atoms in total. The Kier molecular flexibility index (Phi) is 4.77. The molecule has 0 atom stereocenters. The molecule has 0 amide bonds. The van der Waals surface area contributed by atoms with Crippen molar-refractivity contribution >= 4 is 33.0 Å². The molecule has 0 saturated carbocycles. The summed E-state index contributed by atoms with van der Waals surface area (Å²) in [7, 11) is -4.05. The van der Waals surface area contributed by atoms with E-state index in [1.807, 2.05) is 12.1 Å². The monoisotopic (exact) mass is 434 g/mol. The predicted octanol–water partition coefficient (Wildman–Crippen LogP) is 3.11. The Bertz CT molecular complexity index is 1210. The number of benzene rings is 2. The highest BCUT2D eigenvalue weighted by molar-refractivity contribution is 7.89. The SMILES string of the molecule is NS(=O)(=O)c1ccc(N2CCc3noc(-c4ccc(Cl)cc4)c3C2)c([N+](=O)[O-])c1. The van der Waals surface area contributed by atoms with E-state index in [1.165, 1.54) is 12.1 Å². The third kappa shape index (κ3) is 3.69. The fourth-order valence-electron chi connectivity index (χ4n) is 3.34. The maximum atomic E-state index is 11.6. The van der Waals surface area contributed by atoms with Gasteiger partial charge >= 0.3 is 0 Å². The van der Waals surface area contributed by atoms with Crippen molar-refractivity contribution in [3.05, 3.63) is 68.9 Å². The summed E-state index contributed by atoms with van der Waals surface area (Å²) in [4.78, 5) is 12.4. The number of hydrogen-bond donors (Lipinski definition) is 1. The highest BCUT2D eigenvalue weighted by atomic mass is 35.5. The van der Waals surface area contributed by atoms with Crippen LogP contribution in [0, 0.1) is 10.1 Å². The number of nitrogens with zero attached hydrogens (tertiary/aromatic N) is 3. The van der Waals surface area contributed by atoms with Crippen LogP contribution in [0.25, 0.3) is 11.3 Å². The summed E-state index contributed by atoms with van der Waals surface area (Å²) in [5.41, 5.74) is 2.38. The first-order chi connectivity index (χ1) is 13.7. The summed E-state index contributed by atoms with van der Waals surface area (Å²) in [6.45, 7) is 0.793. The standard InChI is InChI=1S/C18H15ClN4O5S/c19-12-3-1-11(2-4-12)18-14-10-22(8-7-15(14)21-28-18)16-6-5-13(29(20,26)27)9-17(16)23(24)25/h1-6,9H,7-8,10H2,(H2,20,26,27). The van der Waals surface area contributed by atoms with E-state index in [9.17, 15) is 18.5 Å². The molecule has 0 unspecified atom stereocenters. The lowest BCUT2D eigenvalue weighted by Crippen LogP contribution is -2.31. The zero-order chi connectivity index (χ0) is 20.8. The summed E-state index contributed by atoms with van der Waals surface area (Å²) >= 11 is 5.94. The summed E-state index contributed by atoms with van der Waals surface area (Å²) in [5, 5.41) is 21.4. The Balaban J connectivity index is 1.73. The van der Waals surface area contributed by atoms with Gasteiger partial charge < -0.3 is 9.42 Å². The zero-order valence-electron chi connectivity index (χ0n) is 14.9. The highest BCUT2D eigenvalue weighted by Gasteiger charge is 2.29. The van der Waals surface area contributed by atoms with Gasteiger partial charge in [0.25, 0.3) is 5.69 Å². The molecule has 0 bridgehead atoms. The number of hydrogen-bond acceptors (Lipinski definition) is 7. The molecule has 29 heavy (non-hydrogen) atoms. The Morgan fingerprint density at radius 3 is 2.59 bits per heavy atom. The molecule has 0 radical (unpaired) electrons. The van der Waals surface area contributed by atoms with Crippen LogP contribution in [0.15, 0.2) is 51.9 Å². The van der Waals surface area contributed by atoms with Gasteiger partial charge in [-0.05, 0) is 36.4 Å². The first-order valence-corrected chi connectivity index (χ1v) is 10.5. The van der Waals surface area contributed by atoms with Crippen molar-refractivity contribution < 1.29 is 17.9 Å². The van der Waals surface area contributed by atoms with Gasteiger partial charge in [0.05, 0.1) is 15.5 Å². The van der Waals surface area contributed by atoms with E-state index >= 15 is 0 Å². The van der Waals surface area contributed by atoms with Crippen LogP contribution in [-0.2, 0) is 23.0 Å². The van der Waals surface area contributed by atoms with Crippen LogP contribution in [0.2, 0.25) is 5.02 Å². The number of nitro groups is 1. The van der Waals surface area contributed by atoms with Gasteiger partial charge in [0.1, 0.15) is 5.69 Å². The van der Waals surface area contributed by atoms with Crippen LogP contribution >= 0.6 is 11.6 Å². The number of rotatable bonds is 4. The molecule has 3 aromatic rings. The summed E-state index contributed by atoms with van der Waals surface area (Å²) in [6.07, 6.45) is 0.528. The fourth-order valence-corrected chi connectivity index (χ4v) is 4.00. The molecule has 150 valence electrons. The second-order valence-electron chi connectivity index (χ2n) is 6.57. The van der Waals surface area contributed by atoms with E-state index in [4.69, 9.17) is 21.3 Å². The van der Waals surface area contributed by atoms with E-state index in [1.54, 1.807) is 17.0 Å². The number of anilines is 1. The molecule has 4 rings (SSSR count).